The number of rotatable bonds is 4. The normalized spacial score (nSPS) is 19.7. The molecule has 3 N–H and O–H groups in total. The lowest BCUT2D eigenvalue weighted by atomic mass is 10.0. The van der Waals surface area contributed by atoms with Gasteiger partial charge in [0.05, 0.1) is 17.1 Å². The van der Waals surface area contributed by atoms with Crippen LogP contribution in [0.5, 0.6) is 11.5 Å². The lowest BCUT2D eigenvalue weighted by Crippen LogP contribution is -2.41. The first kappa shape index (κ1) is 18.7. The molecule has 8 heteroatoms. The molecule has 156 valence electrons. The fourth-order valence-corrected chi connectivity index (χ4v) is 4.39. The Labute approximate surface area is 173 Å². The molecule has 0 aliphatic carbocycles. The molecule has 0 bridgehead atoms. The number of aromatic nitrogens is 2. The minimum atomic E-state index is -0.299. The lowest BCUT2D eigenvalue weighted by molar-refractivity contribution is -0.121. The summed E-state index contributed by atoms with van der Waals surface area (Å²) in [4.78, 5) is 32.1. The number of carbonyl (C=O) groups is 1. The van der Waals surface area contributed by atoms with Gasteiger partial charge >= 0.3 is 5.69 Å². The number of fused-ring (bicyclic) bond motifs is 2. The number of benzene rings is 2. The van der Waals surface area contributed by atoms with Gasteiger partial charge in [-0.3, -0.25) is 9.69 Å². The lowest BCUT2D eigenvalue weighted by Gasteiger charge is -2.31. The van der Waals surface area contributed by atoms with Crippen LogP contribution in [0.2, 0.25) is 0 Å². The van der Waals surface area contributed by atoms with Gasteiger partial charge in [-0.25, -0.2) is 4.79 Å². The summed E-state index contributed by atoms with van der Waals surface area (Å²) in [6, 6.07) is 11.3. The summed E-state index contributed by atoms with van der Waals surface area (Å²) >= 11 is 0. The molecule has 2 aliphatic heterocycles. The van der Waals surface area contributed by atoms with Gasteiger partial charge < -0.3 is 24.8 Å². The molecule has 1 fully saturated rings. The van der Waals surface area contributed by atoms with E-state index in [9.17, 15) is 9.59 Å². The second-order valence-corrected chi connectivity index (χ2v) is 7.80. The third-order valence-corrected chi connectivity index (χ3v) is 5.91. The van der Waals surface area contributed by atoms with Crippen LogP contribution in [0, 0.1) is 0 Å². The van der Waals surface area contributed by atoms with Crippen molar-refractivity contribution in [3.05, 3.63) is 52.4 Å². The first-order chi connectivity index (χ1) is 14.6. The number of hydrogen-bond donors (Lipinski definition) is 3. The predicted molar refractivity (Wildman–Crippen MR) is 113 cm³/mol. The van der Waals surface area contributed by atoms with E-state index < -0.39 is 0 Å². The summed E-state index contributed by atoms with van der Waals surface area (Å²) < 4.78 is 11.4. The van der Waals surface area contributed by atoms with Crippen molar-refractivity contribution in [2.75, 3.05) is 25.1 Å². The Hall–Kier alpha value is -3.26. The van der Waals surface area contributed by atoms with E-state index in [2.05, 4.69) is 26.3 Å². The molecule has 1 amide bonds. The first-order valence-electron chi connectivity index (χ1n) is 10.3. The quantitative estimate of drug-likeness (QED) is 0.617. The van der Waals surface area contributed by atoms with Crippen molar-refractivity contribution in [3.63, 3.8) is 0 Å². The second kappa shape index (κ2) is 7.53. The summed E-state index contributed by atoms with van der Waals surface area (Å²) in [5, 5.41) is 2.98. The number of ether oxygens (including phenoxy) is 2. The summed E-state index contributed by atoms with van der Waals surface area (Å²) in [5.74, 6) is 1.48. The van der Waals surface area contributed by atoms with Crippen LogP contribution in [0.1, 0.15) is 31.4 Å². The van der Waals surface area contributed by atoms with Gasteiger partial charge in [-0.15, -0.1) is 0 Å². The fraction of sp³-hybridized carbons (Fsp3) is 0.364. The zero-order valence-corrected chi connectivity index (χ0v) is 16.7. The van der Waals surface area contributed by atoms with E-state index in [1.165, 1.54) is 0 Å². The van der Waals surface area contributed by atoms with Crippen LogP contribution < -0.4 is 20.5 Å². The van der Waals surface area contributed by atoms with Gasteiger partial charge in [0.25, 0.3) is 0 Å². The molecule has 2 atom stereocenters. The number of H-pyrrole nitrogens is 2. The van der Waals surface area contributed by atoms with E-state index in [1.807, 2.05) is 19.1 Å². The van der Waals surface area contributed by atoms with Crippen LogP contribution in [-0.2, 0) is 4.79 Å². The smallest absolute Gasteiger partial charge is 0.323 e. The molecule has 1 aromatic heterocycles. The summed E-state index contributed by atoms with van der Waals surface area (Å²) in [6.45, 7) is 3.92. The Bertz CT molecular complexity index is 1150. The second-order valence-electron chi connectivity index (χ2n) is 7.80. The monoisotopic (exact) mass is 408 g/mol. The zero-order chi connectivity index (χ0) is 20.7. The van der Waals surface area contributed by atoms with Gasteiger partial charge in [0.1, 0.15) is 13.2 Å². The average Bonchev–Trinajstić information content (AvgIpc) is 3.38. The molecule has 3 heterocycles. The van der Waals surface area contributed by atoms with Crippen LogP contribution in [-0.4, -0.2) is 46.6 Å². The van der Waals surface area contributed by atoms with Crippen molar-refractivity contribution in [2.24, 2.45) is 0 Å². The molecule has 0 unspecified atom stereocenters. The number of carbonyl (C=O) groups excluding carboxylic acids is 1. The topological polar surface area (TPSA) is 99.5 Å². The Morgan fingerprint density at radius 1 is 1.10 bits per heavy atom. The molecule has 0 radical (unpaired) electrons. The minimum Gasteiger partial charge on any atom is -0.486 e. The highest BCUT2D eigenvalue weighted by Gasteiger charge is 2.33. The predicted octanol–water partition coefficient (Wildman–Crippen LogP) is 2.79. The Morgan fingerprint density at radius 2 is 1.90 bits per heavy atom. The molecular formula is C22H24N4O4. The highest BCUT2D eigenvalue weighted by atomic mass is 16.6. The van der Waals surface area contributed by atoms with Crippen molar-refractivity contribution in [2.45, 2.75) is 31.8 Å². The highest BCUT2D eigenvalue weighted by molar-refractivity contribution is 5.96. The van der Waals surface area contributed by atoms with Gasteiger partial charge in [0.2, 0.25) is 5.91 Å². The average molecular weight is 408 g/mol. The van der Waals surface area contributed by atoms with Gasteiger partial charge in [0.15, 0.2) is 11.5 Å². The van der Waals surface area contributed by atoms with Crippen LogP contribution in [0.3, 0.4) is 0 Å². The third kappa shape index (κ3) is 3.43. The summed E-state index contributed by atoms with van der Waals surface area (Å²) in [5.41, 5.74) is 2.92. The van der Waals surface area contributed by atoms with E-state index in [1.54, 1.807) is 18.2 Å². The summed E-state index contributed by atoms with van der Waals surface area (Å²) in [7, 11) is 0. The molecule has 0 saturated carbocycles. The van der Waals surface area contributed by atoms with Crippen molar-refractivity contribution < 1.29 is 14.3 Å². The van der Waals surface area contributed by atoms with Crippen LogP contribution >= 0.6 is 0 Å². The molecule has 0 spiro atoms. The van der Waals surface area contributed by atoms with Gasteiger partial charge in [-0.2, -0.15) is 0 Å². The van der Waals surface area contributed by atoms with Gasteiger partial charge in [-0.05, 0) is 62.2 Å². The van der Waals surface area contributed by atoms with Gasteiger partial charge in [0, 0.05) is 11.7 Å². The Balaban J connectivity index is 1.33. The maximum Gasteiger partial charge on any atom is 0.323 e. The van der Waals surface area contributed by atoms with E-state index >= 15 is 0 Å². The number of nitrogens with zero attached hydrogens (tertiary/aromatic N) is 1. The van der Waals surface area contributed by atoms with E-state index in [0.29, 0.717) is 29.9 Å². The standard InChI is InChI=1S/C22H24N4O4/c1-13(21(27)23-15-5-6-16-17(12-15)25-22(28)24-16)26-8-2-3-18(26)14-4-7-19-20(11-14)30-10-9-29-19/h4-7,11-13,18H,2-3,8-10H2,1H3,(H,23,27)(H2,24,25,28)/t13-,18-/m0/s1. The highest BCUT2D eigenvalue weighted by Crippen LogP contribution is 2.39. The molecule has 30 heavy (non-hydrogen) atoms. The van der Waals surface area contributed by atoms with E-state index in [-0.39, 0.29) is 23.7 Å². The SMILES string of the molecule is C[C@@H](C(=O)Nc1ccc2[nH]c(=O)[nH]c2c1)N1CCC[C@H]1c1ccc2c(c1)OCCO2. The molecular weight excluding hydrogens is 384 g/mol. The van der Waals surface area contributed by atoms with Crippen LogP contribution in [0.25, 0.3) is 11.0 Å². The largest absolute Gasteiger partial charge is 0.486 e. The molecule has 8 nitrogen and oxygen atoms in total. The number of imidazole rings is 1. The Morgan fingerprint density at radius 3 is 2.77 bits per heavy atom. The number of aromatic amines is 2. The zero-order valence-electron chi connectivity index (χ0n) is 16.7. The summed E-state index contributed by atoms with van der Waals surface area (Å²) in [6.07, 6.45) is 2.03. The number of anilines is 1. The Kier molecular flexibility index (Phi) is 4.71. The van der Waals surface area contributed by atoms with Gasteiger partial charge in [-0.1, -0.05) is 6.07 Å². The molecule has 3 aromatic rings. The van der Waals surface area contributed by atoms with Crippen LogP contribution in [0.4, 0.5) is 5.69 Å². The van der Waals surface area contributed by atoms with E-state index in [0.717, 1.165) is 36.4 Å². The van der Waals surface area contributed by atoms with Crippen molar-refractivity contribution in [3.8, 4) is 11.5 Å². The first-order valence-corrected chi connectivity index (χ1v) is 10.3. The number of amides is 1. The maximum atomic E-state index is 13.0. The van der Waals surface area contributed by atoms with Crippen molar-refractivity contribution in [1.82, 2.24) is 14.9 Å². The third-order valence-electron chi connectivity index (χ3n) is 5.91. The number of nitrogens with one attached hydrogen (secondary N) is 3. The molecule has 1 saturated heterocycles. The molecule has 5 rings (SSSR count). The number of hydrogen-bond acceptors (Lipinski definition) is 5. The van der Waals surface area contributed by atoms with Crippen molar-refractivity contribution in [1.29, 1.82) is 0 Å². The van der Waals surface area contributed by atoms with Crippen molar-refractivity contribution >= 4 is 22.6 Å². The molecule has 2 aromatic carbocycles. The molecule has 2 aliphatic rings. The fourth-order valence-electron chi connectivity index (χ4n) is 4.39. The van der Waals surface area contributed by atoms with E-state index in [4.69, 9.17) is 9.47 Å². The minimum absolute atomic E-state index is 0.0725. The maximum absolute atomic E-state index is 13.0. The number of likely N-dealkylation sites (tertiary alicyclic amines) is 1. The van der Waals surface area contributed by atoms with Crippen LogP contribution in [0.15, 0.2) is 41.2 Å².